The van der Waals surface area contributed by atoms with E-state index in [0.29, 0.717) is 11.3 Å². The molecule has 0 radical (unpaired) electrons. The van der Waals surface area contributed by atoms with Crippen LogP contribution >= 0.6 is 11.3 Å². The van der Waals surface area contributed by atoms with Crippen LogP contribution in [-0.4, -0.2) is 0 Å². The summed E-state index contributed by atoms with van der Waals surface area (Å²) in [5, 5.41) is 0. The summed E-state index contributed by atoms with van der Waals surface area (Å²) in [6.07, 6.45) is 0. The van der Waals surface area contributed by atoms with Crippen molar-refractivity contribution in [3.05, 3.63) is 21.9 Å². The molecule has 12 heavy (non-hydrogen) atoms. The maximum absolute atomic E-state index is 2.27. The molecule has 1 aromatic heterocycles. The lowest BCUT2D eigenvalue weighted by atomic mass is 9.95. The van der Waals surface area contributed by atoms with Crippen molar-refractivity contribution in [2.24, 2.45) is 0 Å². The molecule has 0 saturated carbocycles. The molecule has 0 unspecified atom stereocenters. The third-order valence-electron chi connectivity index (χ3n) is 1.94. The Hall–Kier alpha value is -0.300. The lowest BCUT2D eigenvalue weighted by Gasteiger charge is -2.15. The van der Waals surface area contributed by atoms with Crippen LogP contribution in [0.2, 0.25) is 0 Å². The quantitative estimate of drug-likeness (QED) is 0.611. The fourth-order valence-electron chi connectivity index (χ4n) is 1.07. The zero-order valence-electron chi connectivity index (χ0n) is 8.64. The summed E-state index contributed by atoms with van der Waals surface area (Å²) < 4.78 is 0. The van der Waals surface area contributed by atoms with Crippen LogP contribution in [0.15, 0.2) is 12.1 Å². The molecule has 0 aliphatic carbocycles. The van der Waals surface area contributed by atoms with Gasteiger partial charge in [-0.2, -0.15) is 0 Å². The Balaban J connectivity index is 2.92. The van der Waals surface area contributed by atoms with Gasteiger partial charge in [-0.05, 0) is 23.5 Å². The zero-order chi connectivity index (χ0) is 9.35. The van der Waals surface area contributed by atoms with Crippen LogP contribution < -0.4 is 0 Å². The van der Waals surface area contributed by atoms with Crippen molar-refractivity contribution >= 4 is 11.3 Å². The molecule has 0 aliphatic rings. The average molecular weight is 182 g/mol. The van der Waals surface area contributed by atoms with Gasteiger partial charge < -0.3 is 0 Å². The molecule has 0 atom stereocenters. The zero-order valence-corrected chi connectivity index (χ0v) is 9.46. The first-order valence-electron chi connectivity index (χ1n) is 4.51. The number of rotatable bonds is 1. The Labute approximate surface area is 79.6 Å². The maximum atomic E-state index is 2.27. The molecular formula is C11H18S. The topological polar surface area (TPSA) is 0 Å². The van der Waals surface area contributed by atoms with Gasteiger partial charge in [-0.3, -0.25) is 0 Å². The fraction of sp³-hybridized carbons (Fsp3) is 0.636. The largest absolute Gasteiger partial charge is 0.145 e. The van der Waals surface area contributed by atoms with E-state index >= 15 is 0 Å². The minimum Gasteiger partial charge on any atom is -0.145 e. The monoisotopic (exact) mass is 182 g/mol. The molecule has 0 spiro atoms. The highest BCUT2D eigenvalue weighted by molar-refractivity contribution is 7.12. The van der Waals surface area contributed by atoms with Crippen LogP contribution in [0, 0.1) is 0 Å². The van der Waals surface area contributed by atoms with Gasteiger partial charge >= 0.3 is 0 Å². The second kappa shape index (κ2) is 3.21. The molecule has 68 valence electrons. The first-order chi connectivity index (χ1) is 5.41. The van der Waals surface area contributed by atoms with Gasteiger partial charge in [-0.15, -0.1) is 11.3 Å². The summed E-state index contributed by atoms with van der Waals surface area (Å²) in [4.78, 5) is 2.99. The summed E-state index contributed by atoms with van der Waals surface area (Å²) in [6, 6.07) is 4.52. The summed E-state index contributed by atoms with van der Waals surface area (Å²) in [5.74, 6) is 0.672. The Morgan fingerprint density at radius 2 is 1.75 bits per heavy atom. The van der Waals surface area contributed by atoms with Crippen LogP contribution in [0.1, 0.15) is 50.3 Å². The Kier molecular flexibility index (Phi) is 2.62. The van der Waals surface area contributed by atoms with E-state index in [-0.39, 0.29) is 0 Å². The third kappa shape index (κ3) is 2.10. The summed E-state index contributed by atoms with van der Waals surface area (Å²) in [7, 11) is 0. The predicted octanol–water partition coefficient (Wildman–Crippen LogP) is 4.17. The van der Waals surface area contributed by atoms with E-state index < -0.39 is 0 Å². The third-order valence-corrected chi connectivity index (χ3v) is 3.75. The van der Waals surface area contributed by atoms with Crippen LogP contribution in [0.4, 0.5) is 0 Å². The van der Waals surface area contributed by atoms with E-state index in [0.717, 1.165) is 0 Å². The highest BCUT2D eigenvalue weighted by Gasteiger charge is 2.16. The van der Waals surface area contributed by atoms with Gasteiger partial charge in [0.1, 0.15) is 0 Å². The van der Waals surface area contributed by atoms with Gasteiger partial charge in [0, 0.05) is 9.75 Å². The lowest BCUT2D eigenvalue weighted by molar-refractivity contribution is 0.604. The molecule has 1 heterocycles. The fourth-order valence-corrected chi connectivity index (χ4v) is 2.13. The van der Waals surface area contributed by atoms with Gasteiger partial charge in [-0.25, -0.2) is 0 Å². The van der Waals surface area contributed by atoms with Gasteiger partial charge in [0.2, 0.25) is 0 Å². The minimum absolute atomic E-state index is 0.317. The molecule has 0 saturated heterocycles. The molecule has 0 fully saturated rings. The highest BCUT2D eigenvalue weighted by Crippen LogP contribution is 2.32. The summed E-state index contributed by atoms with van der Waals surface area (Å²) >= 11 is 1.95. The summed E-state index contributed by atoms with van der Waals surface area (Å²) in [6.45, 7) is 11.3. The number of thiophene rings is 1. The molecule has 0 aromatic carbocycles. The van der Waals surface area contributed by atoms with Gasteiger partial charge in [0.15, 0.2) is 0 Å². The van der Waals surface area contributed by atoms with Crippen molar-refractivity contribution in [3.63, 3.8) is 0 Å². The van der Waals surface area contributed by atoms with Gasteiger partial charge in [0.05, 0.1) is 0 Å². The first-order valence-corrected chi connectivity index (χ1v) is 5.33. The predicted molar refractivity (Wildman–Crippen MR) is 57.1 cm³/mol. The van der Waals surface area contributed by atoms with Gasteiger partial charge in [0.25, 0.3) is 0 Å². The van der Waals surface area contributed by atoms with Crippen LogP contribution in [0.25, 0.3) is 0 Å². The molecule has 0 nitrogen and oxygen atoms in total. The van der Waals surface area contributed by atoms with E-state index in [4.69, 9.17) is 0 Å². The van der Waals surface area contributed by atoms with Crippen molar-refractivity contribution in [3.8, 4) is 0 Å². The maximum Gasteiger partial charge on any atom is 0.0102 e. The minimum atomic E-state index is 0.317. The van der Waals surface area contributed by atoms with E-state index in [1.807, 2.05) is 11.3 Å². The average Bonchev–Trinajstić information content (AvgIpc) is 2.30. The van der Waals surface area contributed by atoms with Gasteiger partial charge in [-0.1, -0.05) is 34.6 Å². The van der Waals surface area contributed by atoms with Crippen molar-refractivity contribution in [1.82, 2.24) is 0 Å². The Morgan fingerprint density at radius 3 is 2.00 bits per heavy atom. The normalized spacial score (nSPS) is 12.5. The van der Waals surface area contributed by atoms with E-state index in [1.54, 1.807) is 0 Å². The molecule has 0 bridgehead atoms. The van der Waals surface area contributed by atoms with Crippen LogP contribution in [0.5, 0.6) is 0 Å². The van der Waals surface area contributed by atoms with Crippen molar-refractivity contribution in [1.29, 1.82) is 0 Å². The van der Waals surface area contributed by atoms with Crippen LogP contribution in [-0.2, 0) is 5.41 Å². The number of hydrogen-bond acceptors (Lipinski definition) is 1. The van der Waals surface area contributed by atoms with Crippen molar-refractivity contribution < 1.29 is 0 Å². The second-order valence-corrected chi connectivity index (χ2v) is 5.72. The standard InChI is InChI=1S/C11H18S/c1-8(2)9-6-7-10(12-9)11(3,4)5/h6-8H,1-5H3. The highest BCUT2D eigenvalue weighted by atomic mass is 32.1. The van der Waals surface area contributed by atoms with E-state index in [1.165, 1.54) is 9.75 Å². The van der Waals surface area contributed by atoms with E-state index in [2.05, 4.69) is 46.8 Å². The molecule has 0 N–H and O–H groups in total. The molecule has 0 aliphatic heterocycles. The SMILES string of the molecule is CC(C)c1ccc(C(C)(C)C)s1. The second-order valence-electron chi connectivity index (χ2n) is 4.61. The van der Waals surface area contributed by atoms with E-state index in [9.17, 15) is 0 Å². The lowest BCUT2D eigenvalue weighted by Crippen LogP contribution is -2.07. The molecule has 1 aromatic rings. The molecular weight excluding hydrogens is 164 g/mol. The molecule has 1 rings (SSSR count). The van der Waals surface area contributed by atoms with Crippen molar-refractivity contribution in [2.75, 3.05) is 0 Å². The molecule has 1 heteroatoms. The summed E-state index contributed by atoms with van der Waals surface area (Å²) in [5.41, 5.74) is 0.317. The molecule has 0 amide bonds. The van der Waals surface area contributed by atoms with Crippen molar-refractivity contribution in [2.45, 2.75) is 46.0 Å². The first kappa shape index (κ1) is 9.79. The van der Waals surface area contributed by atoms with Crippen LogP contribution in [0.3, 0.4) is 0 Å². The number of hydrogen-bond donors (Lipinski definition) is 0. The Bertz CT molecular complexity index is 250. The smallest absolute Gasteiger partial charge is 0.0102 e. The Morgan fingerprint density at radius 1 is 1.17 bits per heavy atom.